The Morgan fingerprint density at radius 2 is 1.75 bits per heavy atom. The Labute approximate surface area is 217 Å². The van der Waals surface area contributed by atoms with Crippen LogP contribution in [0.25, 0.3) is 0 Å². The average molecular weight is 520 g/mol. The first-order valence-electron chi connectivity index (χ1n) is 12.6. The molecule has 8 heteroatoms. The van der Waals surface area contributed by atoms with Gasteiger partial charge in [-0.3, -0.25) is 9.69 Å². The van der Waals surface area contributed by atoms with Crippen molar-refractivity contribution in [2.75, 3.05) is 44.2 Å². The van der Waals surface area contributed by atoms with Gasteiger partial charge in [-0.05, 0) is 63.9 Å². The molecule has 3 atom stereocenters. The summed E-state index contributed by atoms with van der Waals surface area (Å²) in [7, 11) is 0. The second kappa shape index (κ2) is 10.3. The predicted molar refractivity (Wildman–Crippen MR) is 140 cm³/mol. The van der Waals surface area contributed by atoms with E-state index in [0.717, 1.165) is 22.9 Å². The Kier molecular flexibility index (Phi) is 7.65. The van der Waals surface area contributed by atoms with Gasteiger partial charge in [-0.25, -0.2) is 8.78 Å². The van der Waals surface area contributed by atoms with Gasteiger partial charge in [-0.2, -0.15) is 0 Å². The molecule has 2 aliphatic rings. The van der Waals surface area contributed by atoms with Crippen LogP contribution in [0.3, 0.4) is 0 Å². The van der Waals surface area contributed by atoms with Crippen LogP contribution in [0.4, 0.5) is 14.5 Å². The number of carbonyl (C=O) groups excluding carboxylic acids is 1. The van der Waals surface area contributed by atoms with Crippen LogP contribution >= 0.6 is 11.6 Å². The largest absolute Gasteiger partial charge is 0.389 e. The number of amides is 1. The molecule has 2 saturated heterocycles. The lowest BCUT2D eigenvalue weighted by atomic mass is 9.87. The molecule has 4 rings (SSSR count). The number of benzene rings is 2. The Morgan fingerprint density at radius 1 is 1.08 bits per heavy atom. The van der Waals surface area contributed by atoms with Crippen LogP contribution in [0, 0.1) is 24.5 Å². The number of hydrogen-bond donors (Lipinski definition) is 1. The van der Waals surface area contributed by atoms with Gasteiger partial charge in [0.2, 0.25) is 5.91 Å². The minimum Gasteiger partial charge on any atom is -0.389 e. The summed E-state index contributed by atoms with van der Waals surface area (Å²) in [5, 5.41) is 11.0. The number of aliphatic hydroxyl groups excluding tert-OH is 1. The van der Waals surface area contributed by atoms with E-state index in [0.29, 0.717) is 49.9 Å². The standard InChI is InChI=1S/C28H36ClF2N3O2/c1-17-12-21(18(2)35)26(14-24(17)29)32-8-10-33(11-9-32)27(36)23-16-34(28(3,4)5)15-22(23)20-7-6-19(30)13-25(20)31/h6-7,12-14,18,22-23,35H,8-11,15-16H2,1-5H3/t18-,22-,23?/m0/s1. The molecule has 0 aliphatic carbocycles. The molecule has 5 nitrogen and oxygen atoms in total. The van der Waals surface area contributed by atoms with Crippen molar-refractivity contribution in [3.8, 4) is 0 Å². The lowest BCUT2D eigenvalue weighted by Crippen LogP contribution is -2.51. The number of likely N-dealkylation sites (tertiary alicyclic amines) is 1. The SMILES string of the molecule is Cc1cc([C@H](C)O)c(N2CCN(C(=O)C3CN(C(C)(C)C)C[C@H]3c3ccc(F)cc3F)CC2)cc1Cl. The molecule has 2 heterocycles. The van der Waals surface area contributed by atoms with Crippen molar-refractivity contribution in [3.05, 3.63) is 63.7 Å². The molecule has 0 spiro atoms. The highest BCUT2D eigenvalue weighted by molar-refractivity contribution is 6.31. The second-order valence-electron chi connectivity index (χ2n) is 11.1. The van der Waals surface area contributed by atoms with Crippen LogP contribution in [0.5, 0.6) is 0 Å². The highest BCUT2D eigenvalue weighted by Gasteiger charge is 2.44. The number of rotatable bonds is 4. The van der Waals surface area contributed by atoms with Crippen molar-refractivity contribution in [2.45, 2.75) is 52.2 Å². The molecule has 2 aliphatic heterocycles. The minimum atomic E-state index is -0.635. The van der Waals surface area contributed by atoms with E-state index in [2.05, 4.69) is 30.6 Å². The van der Waals surface area contributed by atoms with Gasteiger partial charge in [0.25, 0.3) is 0 Å². The maximum absolute atomic E-state index is 14.8. The fraction of sp³-hybridized carbons (Fsp3) is 0.536. The minimum absolute atomic E-state index is 0.00723. The van der Waals surface area contributed by atoms with Gasteiger partial charge in [0.1, 0.15) is 11.6 Å². The number of carbonyl (C=O) groups is 1. The summed E-state index contributed by atoms with van der Waals surface area (Å²) in [5.41, 5.74) is 2.84. The number of aryl methyl sites for hydroxylation is 1. The van der Waals surface area contributed by atoms with Crippen LogP contribution in [0.2, 0.25) is 5.02 Å². The summed E-state index contributed by atoms with van der Waals surface area (Å²) in [4.78, 5) is 20.0. The van der Waals surface area contributed by atoms with E-state index in [4.69, 9.17) is 11.6 Å². The Balaban J connectivity index is 1.53. The first-order valence-corrected chi connectivity index (χ1v) is 13.0. The average Bonchev–Trinajstić information content (AvgIpc) is 3.26. The normalized spacial score (nSPS) is 22.2. The zero-order valence-corrected chi connectivity index (χ0v) is 22.4. The first kappa shape index (κ1) is 26.8. The fourth-order valence-electron chi connectivity index (χ4n) is 5.42. The second-order valence-corrected chi connectivity index (χ2v) is 11.5. The molecule has 2 aromatic carbocycles. The molecule has 2 aromatic rings. The third kappa shape index (κ3) is 5.38. The number of aliphatic hydroxyl groups is 1. The molecule has 0 saturated carbocycles. The molecule has 1 unspecified atom stereocenters. The smallest absolute Gasteiger partial charge is 0.227 e. The molecule has 196 valence electrons. The van der Waals surface area contributed by atoms with Crippen LogP contribution in [-0.4, -0.2) is 65.6 Å². The monoisotopic (exact) mass is 519 g/mol. The molecule has 0 radical (unpaired) electrons. The van der Waals surface area contributed by atoms with E-state index in [-0.39, 0.29) is 17.4 Å². The first-order chi connectivity index (χ1) is 16.9. The molecule has 0 bridgehead atoms. The number of piperazine rings is 1. The van der Waals surface area contributed by atoms with E-state index in [9.17, 15) is 18.7 Å². The zero-order valence-electron chi connectivity index (χ0n) is 21.7. The summed E-state index contributed by atoms with van der Waals surface area (Å²) in [6, 6.07) is 7.47. The van der Waals surface area contributed by atoms with E-state index in [1.807, 2.05) is 24.0 Å². The molecular formula is C28H36ClF2N3O2. The molecule has 1 amide bonds. The topological polar surface area (TPSA) is 47.0 Å². The molecular weight excluding hydrogens is 484 g/mol. The Hall–Kier alpha value is -2.22. The lowest BCUT2D eigenvalue weighted by molar-refractivity contribution is -0.136. The zero-order chi connectivity index (χ0) is 26.4. The Morgan fingerprint density at radius 3 is 2.33 bits per heavy atom. The van der Waals surface area contributed by atoms with Crippen molar-refractivity contribution in [1.29, 1.82) is 0 Å². The number of halogens is 3. The van der Waals surface area contributed by atoms with Gasteiger partial charge in [-0.15, -0.1) is 0 Å². The molecule has 36 heavy (non-hydrogen) atoms. The summed E-state index contributed by atoms with van der Waals surface area (Å²) in [5.74, 6) is -1.95. The van der Waals surface area contributed by atoms with Gasteiger partial charge in [0.05, 0.1) is 12.0 Å². The van der Waals surface area contributed by atoms with Crippen LogP contribution in [0.1, 0.15) is 56.4 Å². The van der Waals surface area contributed by atoms with E-state index in [1.54, 1.807) is 6.92 Å². The maximum Gasteiger partial charge on any atom is 0.227 e. The molecule has 0 aromatic heterocycles. The lowest BCUT2D eigenvalue weighted by Gasteiger charge is -2.39. The third-order valence-corrected chi connectivity index (χ3v) is 8.04. The number of hydrogen-bond acceptors (Lipinski definition) is 4. The van der Waals surface area contributed by atoms with E-state index >= 15 is 0 Å². The van der Waals surface area contributed by atoms with Gasteiger partial charge >= 0.3 is 0 Å². The summed E-state index contributed by atoms with van der Waals surface area (Å²) < 4.78 is 28.4. The van der Waals surface area contributed by atoms with Crippen molar-refractivity contribution in [2.24, 2.45) is 5.92 Å². The quantitative estimate of drug-likeness (QED) is 0.607. The van der Waals surface area contributed by atoms with Crippen molar-refractivity contribution in [1.82, 2.24) is 9.80 Å². The summed E-state index contributed by atoms with van der Waals surface area (Å²) in [6.07, 6.45) is -0.635. The third-order valence-electron chi connectivity index (χ3n) is 7.64. The maximum atomic E-state index is 14.8. The predicted octanol–water partition coefficient (Wildman–Crippen LogP) is 5.14. The highest BCUT2D eigenvalue weighted by Crippen LogP contribution is 2.39. The van der Waals surface area contributed by atoms with Gasteiger partial charge in [0.15, 0.2) is 0 Å². The summed E-state index contributed by atoms with van der Waals surface area (Å²) >= 11 is 6.39. The van der Waals surface area contributed by atoms with Crippen LogP contribution in [0.15, 0.2) is 30.3 Å². The highest BCUT2D eigenvalue weighted by atomic mass is 35.5. The van der Waals surface area contributed by atoms with Crippen LogP contribution < -0.4 is 4.90 Å². The summed E-state index contributed by atoms with van der Waals surface area (Å²) in [6.45, 7) is 13.2. The van der Waals surface area contributed by atoms with E-state index < -0.39 is 23.7 Å². The van der Waals surface area contributed by atoms with Crippen LogP contribution in [-0.2, 0) is 4.79 Å². The van der Waals surface area contributed by atoms with Gasteiger partial charge < -0.3 is 14.9 Å². The van der Waals surface area contributed by atoms with Gasteiger partial charge in [-0.1, -0.05) is 17.7 Å². The Bertz CT molecular complexity index is 1130. The fourth-order valence-corrected chi connectivity index (χ4v) is 5.58. The van der Waals surface area contributed by atoms with Crippen molar-refractivity contribution in [3.63, 3.8) is 0 Å². The molecule has 1 N–H and O–H groups in total. The number of anilines is 1. The van der Waals surface area contributed by atoms with Crippen molar-refractivity contribution >= 4 is 23.2 Å². The van der Waals surface area contributed by atoms with Gasteiger partial charge in [0, 0.05) is 73.1 Å². The number of nitrogens with zero attached hydrogens (tertiary/aromatic N) is 3. The molecule has 2 fully saturated rings. The van der Waals surface area contributed by atoms with E-state index in [1.165, 1.54) is 12.1 Å². The van der Waals surface area contributed by atoms with Crippen molar-refractivity contribution < 1.29 is 18.7 Å².